The summed E-state index contributed by atoms with van der Waals surface area (Å²) < 4.78 is 0. The van der Waals surface area contributed by atoms with Gasteiger partial charge in [0.05, 0.1) is 6.61 Å². The molecule has 0 heterocycles. The third-order valence-electron chi connectivity index (χ3n) is 2.49. The Labute approximate surface area is 97.2 Å². The Bertz CT molecular complexity index is 300. The topological polar surface area (TPSA) is 49.5 Å². The van der Waals surface area contributed by atoms with Crippen LogP contribution in [0.3, 0.4) is 0 Å². The standard InChI is InChI=1S/C13H20N2O/c1-2-8-15(9-10-16)11-13(14)12-6-4-3-5-7-12/h2-7,13,16H,1,8-11,14H2. The van der Waals surface area contributed by atoms with E-state index in [9.17, 15) is 0 Å². The normalized spacial score (nSPS) is 12.7. The maximum Gasteiger partial charge on any atom is 0.0558 e. The lowest BCUT2D eigenvalue weighted by molar-refractivity contribution is 0.201. The molecule has 88 valence electrons. The first kappa shape index (κ1) is 12.9. The van der Waals surface area contributed by atoms with Gasteiger partial charge in [-0.3, -0.25) is 4.90 Å². The minimum Gasteiger partial charge on any atom is -0.395 e. The van der Waals surface area contributed by atoms with E-state index in [-0.39, 0.29) is 12.6 Å². The fraction of sp³-hybridized carbons (Fsp3) is 0.385. The highest BCUT2D eigenvalue weighted by Crippen LogP contribution is 2.10. The van der Waals surface area contributed by atoms with Crippen LogP contribution >= 0.6 is 0 Å². The molecule has 0 aliphatic carbocycles. The molecule has 1 rings (SSSR count). The minimum atomic E-state index is -0.0206. The van der Waals surface area contributed by atoms with E-state index in [0.29, 0.717) is 6.54 Å². The zero-order valence-electron chi connectivity index (χ0n) is 9.55. The van der Waals surface area contributed by atoms with E-state index < -0.39 is 0 Å². The molecule has 0 aliphatic rings. The monoisotopic (exact) mass is 220 g/mol. The molecule has 3 N–H and O–H groups in total. The molecule has 0 bridgehead atoms. The molecule has 0 aliphatic heterocycles. The summed E-state index contributed by atoms with van der Waals surface area (Å²) in [6.45, 7) is 5.96. The quantitative estimate of drug-likeness (QED) is 0.678. The highest BCUT2D eigenvalue weighted by molar-refractivity contribution is 5.18. The van der Waals surface area contributed by atoms with Crippen LogP contribution in [0.25, 0.3) is 0 Å². The van der Waals surface area contributed by atoms with Gasteiger partial charge in [-0.25, -0.2) is 0 Å². The number of hydrogen-bond acceptors (Lipinski definition) is 3. The van der Waals surface area contributed by atoms with E-state index in [4.69, 9.17) is 10.8 Å². The molecule has 1 unspecified atom stereocenters. The van der Waals surface area contributed by atoms with Crippen LogP contribution in [-0.2, 0) is 0 Å². The van der Waals surface area contributed by atoms with Gasteiger partial charge in [0.15, 0.2) is 0 Å². The van der Waals surface area contributed by atoms with E-state index >= 15 is 0 Å². The second-order valence-corrected chi connectivity index (χ2v) is 3.79. The zero-order chi connectivity index (χ0) is 11.8. The number of nitrogens with two attached hydrogens (primary N) is 1. The molecule has 0 fully saturated rings. The maximum absolute atomic E-state index is 8.93. The summed E-state index contributed by atoms with van der Waals surface area (Å²) >= 11 is 0. The van der Waals surface area contributed by atoms with Crippen LogP contribution in [0.4, 0.5) is 0 Å². The molecule has 0 spiro atoms. The van der Waals surface area contributed by atoms with Crippen LogP contribution in [0.15, 0.2) is 43.0 Å². The van der Waals surface area contributed by atoms with Crippen molar-refractivity contribution in [3.63, 3.8) is 0 Å². The fourth-order valence-corrected chi connectivity index (χ4v) is 1.66. The van der Waals surface area contributed by atoms with Crippen molar-refractivity contribution >= 4 is 0 Å². The van der Waals surface area contributed by atoms with Crippen LogP contribution in [0.2, 0.25) is 0 Å². The summed E-state index contributed by atoms with van der Waals surface area (Å²) in [6, 6.07) is 9.97. The van der Waals surface area contributed by atoms with E-state index in [0.717, 1.165) is 18.7 Å². The zero-order valence-corrected chi connectivity index (χ0v) is 9.55. The number of hydrogen-bond donors (Lipinski definition) is 2. The van der Waals surface area contributed by atoms with Crippen molar-refractivity contribution in [3.8, 4) is 0 Å². The van der Waals surface area contributed by atoms with Crippen LogP contribution in [-0.4, -0.2) is 36.2 Å². The molecule has 1 atom stereocenters. The van der Waals surface area contributed by atoms with E-state index in [1.807, 2.05) is 36.4 Å². The van der Waals surface area contributed by atoms with E-state index in [1.54, 1.807) is 0 Å². The molecule has 3 heteroatoms. The van der Waals surface area contributed by atoms with Gasteiger partial charge in [-0.2, -0.15) is 0 Å². The molecule has 16 heavy (non-hydrogen) atoms. The number of aliphatic hydroxyl groups is 1. The van der Waals surface area contributed by atoms with E-state index in [2.05, 4.69) is 11.5 Å². The number of benzene rings is 1. The fourth-order valence-electron chi connectivity index (χ4n) is 1.66. The third kappa shape index (κ3) is 4.14. The van der Waals surface area contributed by atoms with Gasteiger partial charge in [-0.15, -0.1) is 6.58 Å². The predicted octanol–water partition coefficient (Wildman–Crippen LogP) is 1.17. The molecule has 0 amide bonds. The number of rotatable bonds is 7. The van der Waals surface area contributed by atoms with Crippen LogP contribution < -0.4 is 5.73 Å². The van der Waals surface area contributed by atoms with Crippen molar-refractivity contribution < 1.29 is 5.11 Å². The van der Waals surface area contributed by atoms with Crippen molar-refractivity contribution in [1.82, 2.24) is 4.90 Å². The minimum absolute atomic E-state index is 0.0206. The van der Waals surface area contributed by atoms with Gasteiger partial charge in [0.2, 0.25) is 0 Å². The highest BCUT2D eigenvalue weighted by atomic mass is 16.3. The van der Waals surface area contributed by atoms with Crippen molar-refractivity contribution in [2.24, 2.45) is 5.73 Å². The van der Waals surface area contributed by atoms with Crippen LogP contribution in [0.5, 0.6) is 0 Å². The van der Waals surface area contributed by atoms with E-state index in [1.165, 1.54) is 0 Å². The first-order valence-corrected chi connectivity index (χ1v) is 5.52. The smallest absolute Gasteiger partial charge is 0.0558 e. The van der Waals surface area contributed by atoms with Crippen molar-refractivity contribution in [3.05, 3.63) is 48.6 Å². The molecule has 0 radical (unpaired) electrons. The van der Waals surface area contributed by atoms with Gasteiger partial charge in [-0.1, -0.05) is 36.4 Å². The predicted molar refractivity (Wildman–Crippen MR) is 67.1 cm³/mol. The van der Waals surface area contributed by atoms with Gasteiger partial charge in [-0.05, 0) is 5.56 Å². The second-order valence-electron chi connectivity index (χ2n) is 3.79. The molecule has 1 aromatic carbocycles. The average Bonchev–Trinajstić information content (AvgIpc) is 2.31. The molecule has 0 saturated heterocycles. The summed E-state index contributed by atoms with van der Waals surface area (Å²) in [4.78, 5) is 2.09. The Morgan fingerprint density at radius 2 is 2.06 bits per heavy atom. The van der Waals surface area contributed by atoms with Crippen molar-refractivity contribution in [1.29, 1.82) is 0 Å². The van der Waals surface area contributed by atoms with Crippen molar-refractivity contribution in [2.75, 3.05) is 26.2 Å². The van der Waals surface area contributed by atoms with Crippen LogP contribution in [0, 0.1) is 0 Å². The van der Waals surface area contributed by atoms with Crippen molar-refractivity contribution in [2.45, 2.75) is 6.04 Å². The van der Waals surface area contributed by atoms with Crippen LogP contribution in [0.1, 0.15) is 11.6 Å². The highest BCUT2D eigenvalue weighted by Gasteiger charge is 2.10. The van der Waals surface area contributed by atoms with Gasteiger partial charge < -0.3 is 10.8 Å². The number of nitrogens with zero attached hydrogens (tertiary/aromatic N) is 1. The lowest BCUT2D eigenvalue weighted by atomic mass is 10.1. The lowest BCUT2D eigenvalue weighted by Crippen LogP contribution is -2.34. The molecule has 1 aromatic rings. The molecule has 0 aromatic heterocycles. The Morgan fingerprint density at radius 3 is 2.62 bits per heavy atom. The maximum atomic E-state index is 8.93. The van der Waals surface area contributed by atoms with Gasteiger partial charge in [0.1, 0.15) is 0 Å². The molecule has 0 saturated carbocycles. The summed E-state index contributed by atoms with van der Waals surface area (Å²) in [5.41, 5.74) is 7.22. The summed E-state index contributed by atoms with van der Waals surface area (Å²) in [5, 5.41) is 8.93. The lowest BCUT2D eigenvalue weighted by Gasteiger charge is -2.23. The molecular formula is C13H20N2O. The Balaban J connectivity index is 2.54. The van der Waals surface area contributed by atoms with Gasteiger partial charge in [0, 0.05) is 25.7 Å². The summed E-state index contributed by atoms with van der Waals surface area (Å²) in [6.07, 6.45) is 1.83. The number of aliphatic hydroxyl groups excluding tert-OH is 1. The molecule has 3 nitrogen and oxygen atoms in total. The third-order valence-corrected chi connectivity index (χ3v) is 2.49. The first-order valence-electron chi connectivity index (χ1n) is 5.52. The Kier molecular flexibility index (Phi) is 5.78. The Hall–Kier alpha value is -1.16. The second kappa shape index (κ2) is 7.17. The first-order chi connectivity index (χ1) is 7.77. The van der Waals surface area contributed by atoms with Gasteiger partial charge in [0.25, 0.3) is 0 Å². The average molecular weight is 220 g/mol. The Morgan fingerprint density at radius 1 is 1.38 bits per heavy atom. The van der Waals surface area contributed by atoms with Gasteiger partial charge >= 0.3 is 0 Å². The summed E-state index contributed by atoms with van der Waals surface area (Å²) in [5.74, 6) is 0. The summed E-state index contributed by atoms with van der Waals surface area (Å²) in [7, 11) is 0. The molecular weight excluding hydrogens is 200 g/mol. The largest absolute Gasteiger partial charge is 0.395 e. The SMILES string of the molecule is C=CCN(CCO)CC(N)c1ccccc1.